The second kappa shape index (κ2) is 12.0. The van der Waals surface area contributed by atoms with Gasteiger partial charge < -0.3 is 28.9 Å². The Morgan fingerprint density at radius 1 is 1.05 bits per heavy atom. The monoisotopic (exact) mass is 578 g/mol. The van der Waals surface area contributed by atoms with E-state index in [-0.39, 0.29) is 24.5 Å². The van der Waals surface area contributed by atoms with E-state index in [0.717, 1.165) is 11.1 Å². The van der Waals surface area contributed by atoms with Gasteiger partial charge in [0.05, 0.1) is 29.8 Å². The summed E-state index contributed by atoms with van der Waals surface area (Å²) in [6.07, 6.45) is 6.03. The largest absolute Gasteiger partial charge is 0.467 e. The summed E-state index contributed by atoms with van der Waals surface area (Å²) in [5, 5.41) is 10.8. The van der Waals surface area contributed by atoms with Gasteiger partial charge in [0, 0.05) is 23.2 Å². The average Bonchev–Trinajstić information content (AvgIpc) is 3.79. The van der Waals surface area contributed by atoms with Crippen molar-refractivity contribution in [1.29, 1.82) is 0 Å². The van der Waals surface area contributed by atoms with Gasteiger partial charge in [-0.1, -0.05) is 36.4 Å². The molecule has 11 nitrogen and oxygen atoms in total. The third kappa shape index (κ3) is 5.82. The smallest absolute Gasteiger partial charge is 0.338 e. The summed E-state index contributed by atoms with van der Waals surface area (Å²) < 4.78 is 23.8. The summed E-state index contributed by atoms with van der Waals surface area (Å²) >= 11 is 0. The van der Waals surface area contributed by atoms with E-state index in [1.807, 2.05) is 60.7 Å². The van der Waals surface area contributed by atoms with Crippen LogP contribution in [-0.2, 0) is 19.1 Å². The van der Waals surface area contributed by atoms with E-state index in [1.165, 1.54) is 12.3 Å². The first-order valence-electron chi connectivity index (χ1n) is 13.5. The van der Waals surface area contributed by atoms with Crippen LogP contribution in [-0.4, -0.2) is 41.0 Å². The summed E-state index contributed by atoms with van der Waals surface area (Å²) in [6, 6.07) is 20.8. The van der Waals surface area contributed by atoms with Crippen LogP contribution < -0.4 is 10.6 Å². The molecule has 0 unspecified atom stereocenters. The molecule has 0 aliphatic carbocycles. The Balaban J connectivity index is 1.27. The lowest BCUT2D eigenvalue weighted by Gasteiger charge is -2.27. The first kappa shape index (κ1) is 27.3. The number of furan rings is 2. The molecule has 6 rings (SSSR count). The molecule has 2 N–H and O–H groups in total. The number of carbonyl (C=O) groups excluding carboxylic acids is 3. The number of nitrogens with zero attached hydrogens (tertiary/aromatic N) is 2. The highest BCUT2D eigenvalue weighted by molar-refractivity contribution is 5.95. The zero-order valence-electron chi connectivity index (χ0n) is 23.0. The van der Waals surface area contributed by atoms with Crippen molar-refractivity contribution >= 4 is 35.0 Å². The van der Waals surface area contributed by atoms with Crippen LogP contribution in [0.1, 0.15) is 24.3 Å². The van der Waals surface area contributed by atoms with E-state index in [1.54, 1.807) is 36.0 Å². The van der Waals surface area contributed by atoms with Gasteiger partial charge >= 0.3 is 18.0 Å². The molecule has 2 aromatic carbocycles. The Labute approximate surface area is 245 Å². The fourth-order valence-corrected chi connectivity index (χ4v) is 4.71. The van der Waals surface area contributed by atoms with Crippen LogP contribution in [0.25, 0.3) is 34.2 Å². The molecule has 5 aromatic rings. The van der Waals surface area contributed by atoms with E-state index in [2.05, 4.69) is 10.6 Å². The van der Waals surface area contributed by atoms with E-state index in [9.17, 15) is 14.4 Å². The molecule has 43 heavy (non-hydrogen) atoms. The van der Waals surface area contributed by atoms with Crippen LogP contribution in [0.15, 0.2) is 111 Å². The fraction of sp³-hybridized carbons (Fsp3) is 0.125. The Morgan fingerprint density at radius 3 is 2.63 bits per heavy atom. The molecule has 0 saturated heterocycles. The van der Waals surface area contributed by atoms with Gasteiger partial charge in [-0.3, -0.25) is 0 Å². The summed E-state index contributed by atoms with van der Waals surface area (Å²) in [6.45, 7) is 1.39. The Kier molecular flexibility index (Phi) is 7.60. The number of hydrogen-bond donors (Lipinski definition) is 2. The second-order valence-electron chi connectivity index (χ2n) is 9.46. The average molecular weight is 579 g/mol. The van der Waals surface area contributed by atoms with Crippen LogP contribution in [0.5, 0.6) is 0 Å². The van der Waals surface area contributed by atoms with E-state index in [4.69, 9.17) is 23.4 Å². The molecular weight excluding hydrogens is 552 g/mol. The number of rotatable bonds is 9. The van der Waals surface area contributed by atoms with E-state index < -0.39 is 24.0 Å². The minimum Gasteiger partial charge on any atom is -0.467 e. The van der Waals surface area contributed by atoms with Crippen molar-refractivity contribution in [1.82, 2.24) is 20.4 Å². The number of ether oxygens (including phenoxy) is 2. The van der Waals surface area contributed by atoms with Crippen molar-refractivity contribution in [2.24, 2.45) is 0 Å². The molecule has 0 radical (unpaired) electrons. The van der Waals surface area contributed by atoms with Gasteiger partial charge in [0.1, 0.15) is 29.7 Å². The lowest BCUT2D eigenvalue weighted by molar-refractivity contribution is -0.140. The standard InChI is InChI=1S/C32H26N4O7/c1-2-40-31(38)28-23(33-32(39)34-30(28)25-13-8-16-41-25)19-42-27(37)15-14-21-18-36(22-10-4-3-5-11-22)35-29(21)26-17-20-9-6-7-12-24(20)43-26/h3-18,30H,2,19H2,1H3,(H2,33,34,39)/b15-14-/t30-/m1/s1. The summed E-state index contributed by atoms with van der Waals surface area (Å²) in [5.74, 6) is -0.521. The van der Waals surface area contributed by atoms with Crippen molar-refractivity contribution < 1.29 is 32.7 Å². The molecule has 3 aromatic heterocycles. The zero-order chi connectivity index (χ0) is 29.8. The minimum atomic E-state index is -0.915. The summed E-state index contributed by atoms with van der Waals surface area (Å²) in [4.78, 5) is 38.1. The van der Waals surface area contributed by atoms with E-state index in [0.29, 0.717) is 28.4 Å². The van der Waals surface area contributed by atoms with Crippen molar-refractivity contribution in [2.75, 3.05) is 13.2 Å². The molecule has 2 amide bonds. The molecule has 1 atom stereocenters. The predicted octanol–water partition coefficient (Wildman–Crippen LogP) is 5.31. The molecule has 1 aliphatic heterocycles. The molecule has 0 bridgehead atoms. The number of carbonyl (C=O) groups is 3. The predicted molar refractivity (Wildman–Crippen MR) is 156 cm³/mol. The molecule has 0 fully saturated rings. The number of para-hydroxylation sites is 2. The zero-order valence-corrected chi connectivity index (χ0v) is 23.0. The highest BCUT2D eigenvalue weighted by Gasteiger charge is 2.35. The number of fused-ring (bicyclic) bond motifs is 1. The number of aromatic nitrogens is 2. The first-order chi connectivity index (χ1) is 21.0. The van der Waals surface area contributed by atoms with Crippen molar-refractivity contribution in [3.63, 3.8) is 0 Å². The number of esters is 2. The number of benzene rings is 2. The molecule has 1 aliphatic rings. The Morgan fingerprint density at radius 2 is 1.86 bits per heavy atom. The maximum absolute atomic E-state index is 12.9. The molecule has 0 saturated carbocycles. The lowest BCUT2D eigenvalue weighted by atomic mass is 10.0. The summed E-state index contributed by atoms with van der Waals surface area (Å²) in [5.41, 5.74) is 2.84. The molecular formula is C32H26N4O7. The Bertz CT molecular complexity index is 1820. The van der Waals surface area contributed by atoms with E-state index >= 15 is 0 Å². The second-order valence-corrected chi connectivity index (χ2v) is 9.46. The van der Waals surface area contributed by atoms with Crippen LogP contribution in [0.2, 0.25) is 0 Å². The normalized spacial score (nSPS) is 15.0. The van der Waals surface area contributed by atoms with Crippen LogP contribution in [0.4, 0.5) is 4.79 Å². The SMILES string of the molecule is CCOC(=O)C1=C(COC(=O)/C=C\c2cn(-c3ccccc3)nc2-c2cc3ccccc3o2)NC(=O)N[C@@H]1c1ccco1. The number of amides is 2. The van der Waals surface area contributed by atoms with Gasteiger partial charge in [0.25, 0.3) is 0 Å². The van der Waals surface area contributed by atoms with Gasteiger partial charge in [-0.15, -0.1) is 0 Å². The minimum absolute atomic E-state index is 0.0736. The number of hydrogen-bond acceptors (Lipinski definition) is 8. The third-order valence-corrected chi connectivity index (χ3v) is 6.66. The summed E-state index contributed by atoms with van der Waals surface area (Å²) in [7, 11) is 0. The van der Waals surface area contributed by atoms with Crippen LogP contribution in [0.3, 0.4) is 0 Å². The Hall–Kier alpha value is -5.84. The first-order valence-corrected chi connectivity index (χ1v) is 13.5. The molecule has 11 heteroatoms. The third-order valence-electron chi connectivity index (χ3n) is 6.66. The number of urea groups is 1. The highest BCUT2D eigenvalue weighted by atomic mass is 16.5. The van der Waals surface area contributed by atoms with Crippen molar-refractivity contribution in [3.8, 4) is 17.1 Å². The molecule has 4 heterocycles. The maximum Gasteiger partial charge on any atom is 0.338 e. The van der Waals surface area contributed by atoms with Gasteiger partial charge in [-0.25, -0.2) is 19.1 Å². The topological polar surface area (TPSA) is 138 Å². The highest BCUT2D eigenvalue weighted by Crippen LogP contribution is 2.31. The van der Waals surface area contributed by atoms with Crippen LogP contribution >= 0.6 is 0 Å². The van der Waals surface area contributed by atoms with Crippen molar-refractivity contribution in [2.45, 2.75) is 13.0 Å². The van der Waals surface area contributed by atoms with Gasteiger partial charge in [-0.05, 0) is 49.4 Å². The molecule has 216 valence electrons. The number of nitrogens with one attached hydrogen (secondary N) is 2. The quantitative estimate of drug-likeness (QED) is 0.177. The maximum atomic E-state index is 12.9. The van der Waals surface area contributed by atoms with Gasteiger partial charge in [0.15, 0.2) is 5.76 Å². The van der Waals surface area contributed by atoms with Crippen LogP contribution in [0, 0.1) is 0 Å². The lowest BCUT2D eigenvalue weighted by Crippen LogP contribution is -2.47. The molecule has 0 spiro atoms. The van der Waals surface area contributed by atoms with Gasteiger partial charge in [0.2, 0.25) is 0 Å². The van der Waals surface area contributed by atoms with Crippen molar-refractivity contribution in [3.05, 3.63) is 114 Å². The van der Waals surface area contributed by atoms with Gasteiger partial charge in [-0.2, -0.15) is 5.10 Å². The fourth-order valence-electron chi connectivity index (χ4n) is 4.71.